The molecular formula is C15H16F3NO3. The molecule has 0 aliphatic carbocycles. The predicted octanol–water partition coefficient (Wildman–Crippen LogP) is 2.02. The Morgan fingerprint density at radius 3 is 2.41 bits per heavy atom. The molecule has 2 amide bonds. The fourth-order valence-corrected chi connectivity index (χ4v) is 2.64. The summed E-state index contributed by atoms with van der Waals surface area (Å²) in [6.07, 6.45) is -7.93. The molecule has 1 saturated heterocycles. The molecule has 7 heteroatoms. The van der Waals surface area contributed by atoms with Gasteiger partial charge in [0.2, 0.25) is 11.8 Å². The van der Waals surface area contributed by atoms with Crippen molar-refractivity contribution >= 4 is 11.8 Å². The first-order chi connectivity index (χ1) is 10.1. The Morgan fingerprint density at radius 2 is 1.86 bits per heavy atom. The van der Waals surface area contributed by atoms with Gasteiger partial charge in [0, 0.05) is 6.42 Å². The van der Waals surface area contributed by atoms with Gasteiger partial charge in [-0.3, -0.25) is 14.5 Å². The second-order valence-electron chi connectivity index (χ2n) is 5.66. The first-order valence-corrected chi connectivity index (χ1v) is 6.78. The lowest BCUT2D eigenvalue weighted by atomic mass is 9.81. The summed E-state index contributed by atoms with van der Waals surface area (Å²) in [7, 11) is 0. The summed E-state index contributed by atoms with van der Waals surface area (Å²) in [5.41, 5.74) is -0.475. The molecule has 2 atom stereocenters. The molecule has 1 N–H and O–H groups in total. The third kappa shape index (κ3) is 3.30. The van der Waals surface area contributed by atoms with Crippen LogP contribution in [0.4, 0.5) is 13.2 Å². The second kappa shape index (κ2) is 5.72. The largest absolute Gasteiger partial charge is 0.391 e. The molecule has 1 aromatic rings. The molecule has 2 rings (SSSR count). The normalized spacial score (nSPS) is 24.0. The van der Waals surface area contributed by atoms with E-state index in [1.807, 2.05) is 0 Å². The van der Waals surface area contributed by atoms with Gasteiger partial charge in [-0.15, -0.1) is 0 Å². The van der Waals surface area contributed by atoms with Crippen LogP contribution >= 0.6 is 0 Å². The maximum Gasteiger partial charge on any atom is 0.391 e. The minimum absolute atomic E-state index is 0.116. The molecule has 1 aliphatic rings. The van der Waals surface area contributed by atoms with Gasteiger partial charge in [0.25, 0.3) is 0 Å². The smallest absolute Gasteiger partial charge is 0.391 e. The molecule has 0 bridgehead atoms. The topological polar surface area (TPSA) is 57.6 Å². The Balaban J connectivity index is 2.16. The van der Waals surface area contributed by atoms with Crippen molar-refractivity contribution in [3.8, 4) is 0 Å². The van der Waals surface area contributed by atoms with E-state index in [1.54, 1.807) is 37.3 Å². The van der Waals surface area contributed by atoms with Gasteiger partial charge in [0.05, 0.1) is 24.5 Å². The van der Waals surface area contributed by atoms with Crippen LogP contribution in [0.3, 0.4) is 0 Å². The lowest BCUT2D eigenvalue weighted by Crippen LogP contribution is -2.41. The summed E-state index contributed by atoms with van der Waals surface area (Å²) < 4.78 is 36.7. The van der Waals surface area contributed by atoms with Gasteiger partial charge >= 0.3 is 6.18 Å². The Morgan fingerprint density at radius 1 is 1.27 bits per heavy atom. The minimum atomic E-state index is -4.55. The van der Waals surface area contributed by atoms with E-state index in [0.717, 1.165) is 4.90 Å². The number of hydrogen-bond acceptors (Lipinski definition) is 3. The van der Waals surface area contributed by atoms with E-state index in [-0.39, 0.29) is 6.42 Å². The highest BCUT2D eigenvalue weighted by molar-refractivity contribution is 6.08. The molecule has 0 radical (unpaired) electrons. The minimum Gasteiger partial charge on any atom is -0.391 e. The number of likely N-dealkylation sites (tertiary alicyclic amines) is 1. The molecule has 0 saturated carbocycles. The summed E-state index contributed by atoms with van der Waals surface area (Å²) in [5.74, 6) is -1.15. The van der Waals surface area contributed by atoms with Crippen molar-refractivity contribution in [1.29, 1.82) is 0 Å². The van der Waals surface area contributed by atoms with Crippen LogP contribution < -0.4 is 0 Å². The van der Waals surface area contributed by atoms with E-state index in [0.29, 0.717) is 5.56 Å². The van der Waals surface area contributed by atoms with Crippen LogP contribution in [0.15, 0.2) is 30.3 Å². The molecule has 0 aromatic heterocycles. The number of amides is 2. The van der Waals surface area contributed by atoms with Gasteiger partial charge in [-0.1, -0.05) is 30.3 Å². The second-order valence-corrected chi connectivity index (χ2v) is 5.66. The highest BCUT2D eigenvalue weighted by atomic mass is 19.4. The number of carbonyl (C=O) groups is 2. The number of rotatable bonds is 4. The number of nitrogens with zero attached hydrogens (tertiary/aromatic N) is 1. The number of hydrogen-bond donors (Lipinski definition) is 1. The van der Waals surface area contributed by atoms with Crippen molar-refractivity contribution < 1.29 is 27.9 Å². The van der Waals surface area contributed by atoms with Crippen LogP contribution in [-0.4, -0.2) is 40.6 Å². The molecule has 1 aliphatic heterocycles. The average Bonchev–Trinajstić information content (AvgIpc) is 2.62. The van der Waals surface area contributed by atoms with E-state index in [9.17, 15) is 27.9 Å². The molecule has 1 fully saturated rings. The Labute approximate surface area is 125 Å². The Hall–Kier alpha value is -1.89. The highest BCUT2D eigenvalue weighted by Crippen LogP contribution is 2.36. The molecule has 0 unspecified atom stereocenters. The first-order valence-electron chi connectivity index (χ1n) is 6.78. The Bertz CT molecular complexity index is 573. The van der Waals surface area contributed by atoms with Crippen molar-refractivity contribution in [3.63, 3.8) is 0 Å². The summed E-state index contributed by atoms with van der Waals surface area (Å²) in [6, 6.07) is 8.60. The monoisotopic (exact) mass is 315 g/mol. The van der Waals surface area contributed by atoms with E-state index in [1.165, 1.54) is 0 Å². The number of aliphatic hydroxyl groups is 1. The van der Waals surface area contributed by atoms with Crippen LogP contribution in [0.2, 0.25) is 0 Å². The lowest BCUT2D eigenvalue weighted by Gasteiger charge is -2.24. The molecule has 22 heavy (non-hydrogen) atoms. The zero-order valence-electron chi connectivity index (χ0n) is 11.9. The van der Waals surface area contributed by atoms with Gasteiger partial charge in [-0.25, -0.2) is 0 Å². The van der Waals surface area contributed by atoms with Crippen molar-refractivity contribution in [2.75, 3.05) is 6.54 Å². The van der Waals surface area contributed by atoms with Gasteiger partial charge in [0.1, 0.15) is 0 Å². The SMILES string of the molecule is C[C@]1(c2ccccc2)CC(=O)N(C[C@H](O)CC(F)(F)F)C1=O. The van der Waals surface area contributed by atoms with Crippen molar-refractivity contribution in [2.45, 2.75) is 37.5 Å². The van der Waals surface area contributed by atoms with Gasteiger partial charge < -0.3 is 5.11 Å². The average molecular weight is 315 g/mol. The molecular weight excluding hydrogens is 299 g/mol. The van der Waals surface area contributed by atoms with Crippen LogP contribution in [0.1, 0.15) is 25.3 Å². The van der Waals surface area contributed by atoms with Crippen LogP contribution in [0.5, 0.6) is 0 Å². The number of aliphatic hydroxyl groups excluding tert-OH is 1. The summed E-state index contributed by atoms with van der Waals surface area (Å²) in [4.78, 5) is 25.2. The molecule has 0 spiro atoms. The Kier molecular flexibility index (Phi) is 4.28. The number of imide groups is 1. The number of halogens is 3. The zero-order chi connectivity index (χ0) is 16.5. The summed E-state index contributed by atoms with van der Waals surface area (Å²) >= 11 is 0. The summed E-state index contributed by atoms with van der Waals surface area (Å²) in [6.45, 7) is 0.943. The molecule has 120 valence electrons. The molecule has 4 nitrogen and oxygen atoms in total. The van der Waals surface area contributed by atoms with E-state index < -0.39 is 42.5 Å². The number of benzene rings is 1. The summed E-state index contributed by atoms with van der Waals surface area (Å²) in [5, 5.41) is 9.46. The maximum atomic E-state index is 12.5. The zero-order valence-corrected chi connectivity index (χ0v) is 11.9. The molecule has 1 heterocycles. The van der Waals surface area contributed by atoms with E-state index in [2.05, 4.69) is 0 Å². The number of β-amino-alcohol motifs (C(OH)–C–C–N with tert-alkyl or cyclic N) is 1. The first kappa shape index (κ1) is 16.5. The van der Waals surface area contributed by atoms with E-state index in [4.69, 9.17) is 0 Å². The molecule has 1 aromatic carbocycles. The fraction of sp³-hybridized carbons (Fsp3) is 0.467. The number of alkyl halides is 3. The quantitative estimate of drug-likeness (QED) is 0.865. The standard InChI is InChI=1S/C15H16F3NO3/c1-14(10-5-3-2-4-6-10)8-12(21)19(13(14)22)9-11(20)7-15(16,17)18/h2-6,11,20H,7-9H2,1H3/t11-,14-/m1/s1. The van der Waals surface area contributed by atoms with Crippen LogP contribution in [-0.2, 0) is 15.0 Å². The highest BCUT2D eigenvalue weighted by Gasteiger charge is 2.50. The third-order valence-electron chi connectivity index (χ3n) is 3.79. The van der Waals surface area contributed by atoms with Crippen molar-refractivity contribution in [3.05, 3.63) is 35.9 Å². The predicted molar refractivity (Wildman–Crippen MR) is 71.8 cm³/mol. The maximum absolute atomic E-state index is 12.5. The van der Waals surface area contributed by atoms with Gasteiger partial charge in [0.15, 0.2) is 0 Å². The number of carbonyl (C=O) groups excluding carboxylic acids is 2. The van der Waals surface area contributed by atoms with Crippen molar-refractivity contribution in [2.24, 2.45) is 0 Å². The van der Waals surface area contributed by atoms with Crippen LogP contribution in [0.25, 0.3) is 0 Å². The van der Waals surface area contributed by atoms with Gasteiger partial charge in [-0.2, -0.15) is 13.2 Å². The van der Waals surface area contributed by atoms with Crippen molar-refractivity contribution in [1.82, 2.24) is 4.90 Å². The lowest BCUT2D eigenvalue weighted by molar-refractivity contribution is -0.160. The third-order valence-corrected chi connectivity index (χ3v) is 3.79. The van der Waals surface area contributed by atoms with Gasteiger partial charge in [-0.05, 0) is 12.5 Å². The fourth-order valence-electron chi connectivity index (χ4n) is 2.64. The van der Waals surface area contributed by atoms with E-state index >= 15 is 0 Å². The van der Waals surface area contributed by atoms with Crippen LogP contribution in [0, 0.1) is 0 Å².